The molecule has 2 rings (SSSR count). The van der Waals surface area contributed by atoms with Crippen molar-refractivity contribution < 1.29 is 27.2 Å². The summed E-state index contributed by atoms with van der Waals surface area (Å²) in [4.78, 5) is 25.8. The van der Waals surface area contributed by atoms with E-state index < -0.39 is 23.5 Å². The first-order valence-electron chi connectivity index (χ1n) is 9.39. The number of aryl methyl sites for hydroxylation is 1. The second kappa shape index (κ2) is 10.2. The number of halogens is 4. The first-order chi connectivity index (χ1) is 14.6. The zero-order valence-electron chi connectivity index (χ0n) is 17.1. The van der Waals surface area contributed by atoms with Crippen LogP contribution in [-0.4, -0.2) is 37.2 Å². The number of aldehydes is 1. The topological polar surface area (TPSA) is 75.4 Å². The van der Waals surface area contributed by atoms with Gasteiger partial charge in [0, 0.05) is 31.3 Å². The van der Waals surface area contributed by atoms with Gasteiger partial charge in [0.15, 0.2) is 6.29 Å². The van der Waals surface area contributed by atoms with Crippen molar-refractivity contribution in [1.82, 2.24) is 4.90 Å². The summed E-state index contributed by atoms with van der Waals surface area (Å²) in [5.74, 6) is -2.00. The third-order valence-electron chi connectivity index (χ3n) is 4.56. The van der Waals surface area contributed by atoms with Gasteiger partial charge in [-0.3, -0.25) is 9.59 Å². The van der Waals surface area contributed by atoms with E-state index in [9.17, 15) is 27.2 Å². The molecule has 0 unspecified atom stereocenters. The second-order valence-electron chi connectivity index (χ2n) is 7.00. The number of carbonyl (C=O) groups is 2. The van der Waals surface area contributed by atoms with Crippen LogP contribution >= 0.6 is 0 Å². The van der Waals surface area contributed by atoms with E-state index in [1.807, 2.05) is 4.90 Å². The molecule has 0 aliphatic carbocycles. The number of hydrogen-bond acceptors (Lipinski definition) is 4. The first kappa shape index (κ1) is 24.1. The van der Waals surface area contributed by atoms with Crippen LogP contribution in [0.25, 0.3) is 6.08 Å². The molecule has 0 heterocycles. The molecule has 2 aromatic rings. The number of likely N-dealkylation sites (N-methyl/N-ethyl adjacent to an activating group) is 1. The minimum absolute atomic E-state index is 0.0898. The van der Waals surface area contributed by atoms with Gasteiger partial charge < -0.3 is 16.0 Å². The maximum Gasteiger partial charge on any atom is 0.419 e. The molecule has 0 spiro atoms. The molecule has 0 bridgehead atoms. The number of rotatable bonds is 8. The fourth-order valence-electron chi connectivity index (χ4n) is 2.94. The van der Waals surface area contributed by atoms with Gasteiger partial charge in [0.2, 0.25) is 5.91 Å². The average molecular weight is 437 g/mol. The summed E-state index contributed by atoms with van der Waals surface area (Å²) in [5.41, 5.74) is 6.11. The van der Waals surface area contributed by atoms with E-state index in [0.29, 0.717) is 53.9 Å². The Kier molecular flexibility index (Phi) is 7.93. The number of nitrogens with zero attached hydrogens (tertiary/aromatic N) is 1. The van der Waals surface area contributed by atoms with E-state index >= 15 is 0 Å². The number of nitrogens with two attached hydrogens (primary N) is 1. The van der Waals surface area contributed by atoms with Crippen LogP contribution < -0.4 is 11.1 Å². The third kappa shape index (κ3) is 6.39. The van der Waals surface area contributed by atoms with Crippen LogP contribution in [0, 0.1) is 12.7 Å². The molecule has 0 radical (unpaired) electrons. The Morgan fingerprint density at radius 1 is 1.23 bits per heavy atom. The molecular formula is C22H23F4N3O2. The molecule has 2 aromatic carbocycles. The van der Waals surface area contributed by atoms with Gasteiger partial charge in [-0.05, 0) is 42.5 Å². The van der Waals surface area contributed by atoms with Crippen molar-refractivity contribution in [3.63, 3.8) is 0 Å². The normalized spacial score (nSPS) is 11.6. The van der Waals surface area contributed by atoms with Crippen molar-refractivity contribution >= 4 is 24.0 Å². The molecular weight excluding hydrogens is 414 g/mol. The van der Waals surface area contributed by atoms with Crippen LogP contribution in [-0.2, 0) is 17.4 Å². The van der Waals surface area contributed by atoms with Crippen molar-refractivity contribution in [1.29, 1.82) is 0 Å². The summed E-state index contributed by atoms with van der Waals surface area (Å²) in [7, 11) is 1.80. The fourth-order valence-corrected chi connectivity index (χ4v) is 2.94. The standard InChI is InChI=1S/C22H23F4N3O2/c1-14-3-5-16(13-30)17(7-9-29(2)10-8-27)21(14)28-20(31)12-15-4-6-18(19(23)11-15)22(24,25)26/h3-7,9,11,13H,8,10,12,27H2,1-2H3,(H,28,31)/b9-7-. The Hall–Kier alpha value is -3.20. The zero-order valence-corrected chi connectivity index (χ0v) is 17.1. The Morgan fingerprint density at radius 3 is 2.52 bits per heavy atom. The number of benzene rings is 2. The van der Waals surface area contributed by atoms with Gasteiger partial charge in [-0.2, -0.15) is 13.2 Å². The largest absolute Gasteiger partial charge is 0.419 e. The molecule has 0 fully saturated rings. The minimum Gasteiger partial charge on any atom is -0.379 e. The van der Waals surface area contributed by atoms with Gasteiger partial charge in [0.25, 0.3) is 0 Å². The van der Waals surface area contributed by atoms with E-state index in [0.717, 1.165) is 6.07 Å². The summed E-state index contributed by atoms with van der Waals surface area (Å²) in [6, 6.07) is 5.64. The van der Waals surface area contributed by atoms with Gasteiger partial charge in [-0.1, -0.05) is 18.2 Å². The summed E-state index contributed by atoms with van der Waals surface area (Å²) in [5, 5.41) is 2.69. The molecule has 5 nitrogen and oxygen atoms in total. The van der Waals surface area contributed by atoms with Gasteiger partial charge in [-0.25, -0.2) is 4.39 Å². The monoisotopic (exact) mass is 437 g/mol. The molecule has 0 saturated carbocycles. The molecule has 0 atom stereocenters. The lowest BCUT2D eigenvalue weighted by Crippen LogP contribution is -2.20. The van der Waals surface area contributed by atoms with Crippen molar-refractivity contribution in [2.75, 3.05) is 25.5 Å². The third-order valence-corrected chi connectivity index (χ3v) is 4.56. The predicted molar refractivity (Wildman–Crippen MR) is 111 cm³/mol. The molecule has 166 valence electrons. The summed E-state index contributed by atoms with van der Waals surface area (Å²) < 4.78 is 51.9. The van der Waals surface area contributed by atoms with E-state index in [1.165, 1.54) is 0 Å². The van der Waals surface area contributed by atoms with Crippen LogP contribution in [0.4, 0.5) is 23.2 Å². The van der Waals surface area contributed by atoms with Crippen LogP contribution in [0.5, 0.6) is 0 Å². The minimum atomic E-state index is -4.81. The van der Waals surface area contributed by atoms with E-state index in [4.69, 9.17) is 5.73 Å². The smallest absolute Gasteiger partial charge is 0.379 e. The highest BCUT2D eigenvalue weighted by Gasteiger charge is 2.33. The lowest BCUT2D eigenvalue weighted by atomic mass is 10.0. The first-order valence-corrected chi connectivity index (χ1v) is 9.39. The number of alkyl halides is 3. The fraction of sp³-hybridized carbons (Fsp3) is 0.273. The Labute approximate surface area is 177 Å². The van der Waals surface area contributed by atoms with Crippen LogP contribution in [0.2, 0.25) is 0 Å². The lowest BCUT2D eigenvalue weighted by molar-refractivity contribution is -0.140. The summed E-state index contributed by atoms with van der Waals surface area (Å²) in [6.45, 7) is 2.76. The molecule has 0 aromatic heterocycles. The molecule has 0 aliphatic rings. The molecule has 1 amide bonds. The Balaban J connectivity index is 2.28. The Bertz CT molecular complexity index is 987. The maximum absolute atomic E-state index is 13.8. The van der Waals surface area contributed by atoms with Gasteiger partial charge in [0.05, 0.1) is 17.7 Å². The van der Waals surface area contributed by atoms with Crippen molar-refractivity contribution in [3.05, 3.63) is 70.2 Å². The van der Waals surface area contributed by atoms with Crippen LogP contribution in [0.3, 0.4) is 0 Å². The molecule has 3 N–H and O–H groups in total. The highest BCUT2D eigenvalue weighted by Crippen LogP contribution is 2.32. The highest BCUT2D eigenvalue weighted by molar-refractivity contribution is 5.98. The summed E-state index contributed by atoms with van der Waals surface area (Å²) in [6.07, 6.45) is -1.11. The molecule has 31 heavy (non-hydrogen) atoms. The zero-order chi connectivity index (χ0) is 23.2. The van der Waals surface area contributed by atoms with E-state index in [2.05, 4.69) is 5.32 Å². The van der Waals surface area contributed by atoms with Crippen LogP contribution in [0.1, 0.15) is 32.6 Å². The van der Waals surface area contributed by atoms with Crippen molar-refractivity contribution in [2.45, 2.75) is 19.5 Å². The van der Waals surface area contributed by atoms with Crippen molar-refractivity contribution in [3.8, 4) is 0 Å². The number of anilines is 1. The summed E-state index contributed by atoms with van der Waals surface area (Å²) >= 11 is 0. The SMILES string of the molecule is Cc1ccc(C=O)c(/C=C\N(C)CCN)c1NC(=O)Cc1ccc(C(F)(F)F)c(F)c1. The number of hydrogen-bond donors (Lipinski definition) is 2. The lowest BCUT2D eigenvalue weighted by Gasteiger charge is -2.16. The van der Waals surface area contributed by atoms with Gasteiger partial charge in [0.1, 0.15) is 5.82 Å². The Morgan fingerprint density at radius 2 is 1.94 bits per heavy atom. The number of nitrogens with one attached hydrogen (secondary N) is 1. The number of amides is 1. The van der Waals surface area contributed by atoms with Crippen LogP contribution in [0.15, 0.2) is 36.5 Å². The average Bonchev–Trinajstić information content (AvgIpc) is 2.67. The van der Waals surface area contributed by atoms with Gasteiger partial charge >= 0.3 is 6.18 Å². The predicted octanol–water partition coefficient (Wildman–Crippen LogP) is 4.01. The molecule has 0 aliphatic heterocycles. The van der Waals surface area contributed by atoms with E-state index in [-0.39, 0.29) is 12.0 Å². The second-order valence-corrected chi connectivity index (χ2v) is 7.00. The van der Waals surface area contributed by atoms with Crippen molar-refractivity contribution in [2.24, 2.45) is 5.73 Å². The maximum atomic E-state index is 13.8. The van der Waals surface area contributed by atoms with Gasteiger partial charge in [-0.15, -0.1) is 0 Å². The number of carbonyl (C=O) groups excluding carboxylic acids is 2. The molecule has 0 saturated heterocycles. The quantitative estimate of drug-likeness (QED) is 0.484. The van der Waals surface area contributed by atoms with E-state index in [1.54, 1.807) is 38.4 Å². The highest BCUT2D eigenvalue weighted by atomic mass is 19.4. The molecule has 9 heteroatoms.